The van der Waals surface area contributed by atoms with Crippen LogP contribution in [0.5, 0.6) is 11.5 Å². The first-order valence-electron chi connectivity index (χ1n) is 8.99. The maximum absolute atomic E-state index is 12.6. The Labute approximate surface area is 162 Å². The third-order valence-corrected chi connectivity index (χ3v) is 4.61. The van der Waals surface area contributed by atoms with Gasteiger partial charge < -0.3 is 19.4 Å². The highest BCUT2D eigenvalue weighted by Crippen LogP contribution is 2.30. The van der Waals surface area contributed by atoms with E-state index < -0.39 is 0 Å². The predicted molar refractivity (Wildman–Crippen MR) is 107 cm³/mol. The fourth-order valence-corrected chi connectivity index (χ4v) is 3.20. The van der Waals surface area contributed by atoms with Gasteiger partial charge in [0, 0.05) is 24.2 Å². The number of carbonyl (C=O) groups excluding carboxylic acids is 1. The number of ether oxygens (including phenoxy) is 2. The van der Waals surface area contributed by atoms with E-state index in [2.05, 4.69) is 10.3 Å². The number of hydrogen-bond donors (Lipinski definition) is 1. The van der Waals surface area contributed by atoms with Gasteiger partial charge in [-0.15, -0.1) is 0 Å². The van der Waals surface area contributed by atoms with E-state index in [0.29, 0.717) is 40.3 Å². The summed E-state index contributed by atoms with van der Waals surface area (Å²) in [6, 6.07) is 10.7. The summed E-state index contributed by atoms with van der Waals surface area (Å²) in [5.74, 6) is 0.964. The lowest BCUT2D eigenvalue weighted by atomic mass is 10.1. The fraction of sp³-hybridized carbons (Fsp3) is 0.286. The number of amides is 1. The van der Waals surface area contributed by atoms with Crippen LogP contribution >= 0.6 is 0 Å². The molecule has 7 nitrogen and oxygen atoms in total. The summed E-state index contributed by atoms with van der Waals surface area (Å²) < 4.78 is 12.3. The number of hydrogen-bond acceptors (Lipinski definition) is 5. The molecule has 3 rings (SSSR count). The first-order valence-corrected chi connectivity index (χ1v) is 8.99. The Kier molecular flexibility index (Phi) is 5.63. The van der Waals surface area contributed by atoms with E-state index in [1.54, 1.807) is 50.0 Å². The molecule has 0 unspecified atom stereocenters. The van der Waals surface area contributed by atoms with Gasteiger partial charge in [-0.05, 0) is 38.1 Å². The second-order valence-corrected chi connectivity index (χ2v) is 6.29. The Bertz CT molecular complexity index is 1090. The Morgan fingerprint density at radius 1 is 1.18 bits per heavy atom. The normalized spacial score (nSPS) is 10.7. The van der Waals surface area contributed by atoms with Crippen molar-refractivity contribution in [2.45, 2.75) is 26.9 Å². The number of rotatable bonds is 6. The smallest absolute Gasteiger partial charge is 0.272 e. The maximum Gasteiger partial charge on any atom is 0.272 e. The van der Waals surface area contributed by atoms with Gasteiger partial charge >= 0.3 is 0 Å². The Balaban J connectivity index is 1.87. The molecular formula is C21H23N3O4. The number of carbonyl (C=O) groups is 1. The van der Waals surface area contributed by atoms with E-state index in [1.807, 2.05) is 19.1 Å². The van der Waals surface area contributed by atoms with Gasteiger partial charge in [0.2, 0.25) is 0 Å². The first-order chi connectivity index (χ1) is 13.5. The van der Waals surface area contributed by atoms with Gasteiger partial charge in [0.1, 0.15) is 5.69 Å². The zero-order valence-electron chi connectivity index (χ0n) is 16.4. The van der Waals surface area contributed by atoms with Crippen molar-refractivity contribution in [2.24, 2.45) is 0 Å². The zero-order valence-corrected chi connectivity index (χ0v) is 16.4. The van der Waals surface area contributed by atoms with Gasteiger partial charge in [0.05, 0.1) is 25.3 Å². The molecule has 1 heterocycles. The molecule has 1 N–H and O–H groups in total. The average molecular weight is 381 g/mol. The molecule has 1 aromatic heterocycles. The van der Waals surface area contributed by atoms with Crippen LogP contribution in [0.2, 0.25) is 0 Å². The van der Waals surface area contributed by atoms with Crippen LogP contribution in [-0.4, -0.2) is 29.7 Å². The second kappa shape index (κ2) is 8.12. The van der Waals surface area contributed by atoms with Crippen molar-refractivity contribution in [3.05, 3.63) is 63.6 Å². The van der Waals surface area contributed by atoms with E-state index >= 15 is 0 Å². The van der Waals surface area contributed by atoms with Gasteiger partial charge in [-0.25, -0.2) is 4.98 Å². The van der Waals surface area contributed by atoms with Gasteiger partial charge in [0.25, 0.3) is 11.5 Å². The molecule has 0 atom stereocenters. The largest absolute Gasteiger partial charge is 0.493 e. The molecule has 2 aromatic carbocycles. The number of aromatic nitrogens is 2. The van der Waals surface area contributed by atoms with E-state index in [1.165, 1.54) is 0 Å². The molecule has 146 valence electrons. The lowest BCUT2D eigenvalue weighted by Gasteiger charge is -2.13. The molecule has 0 spiro atoms. The first kappa shape index (κ1) is 19.4. The molecule has 0 aliphatic carbocycles. The van der Waals surface area contributed by atoms with Crippen LogP contribution in [0.1, 0.15) is 28.5 Å². The summed E-state index contributed by atoms with van der Waals surface area (Å²) in [5.41, 5.74) is 2.91. The van der Waals surface area contributed by atoms with Crippen molar-refractivity contribution in [3.8, 4) is 11.5 Å². The van der Waals surface area contributed by atoms with Crippen molar-refractivity contribution in [3.63, 3.8) is 0 Å². The number of nitrogens with one attached hydrogen (secondary N) is 1. The highest BCUT2D eigenvalue weighted by atomic mass is 16.5. The number of fused-ring (bicyclic) bond motifs is 1. The maximum atomic E-state index is 12.6. The lowest BCUT2D eigenvalue weighted by molar-refractivity contribution is 0.0950. The summed E-state index contributed by atoms with van der Waals surface area (Å²) in [6.07, 6.45) is 0. The van der Waals surface area contributed by atoms with Gasteiger partial charge in [-0.2, -0.15) is 0 Å². The summed E-state index contributed by atoms with van der Waals surface area (Å²) in [7, 11) is 3.13. The minimum Gasteiger partial charge on any atom is -0.493 e. The van der Waals surface area contributed by atoms with Crippen LogP contribution in [0.25, 0.3) is 11.0 Å². The monoisotopic (exact) mass is 381 g/mol. The Hall–Kier alpha value is -3.35. The highest BCUT2D eigenvalue weighted by molar-refractivity contribution is 5.97. The Morgan fingerprint density at radius 3 is 2.64 bits per heavy atom. The number of aryl methyl sites for hydroxylation is 2. The molecule has 1 amide bonds. The van der Waals surface area contributed by atoms with Crippen LogP contribution in [0.15, 0.2) is 41.2 Å². The van der Waals surface area contributed by atoms with E-state index in [0.717, 1.165) is 5.56 Å². The number of nitrogens with zero attached hydrogens (tertiary/aromatic N) is 2. The number of methoxy groups -OCH3 is 2. The fourth-order valence-electron chi connectivity index (χ4n) is 3.20. The quantitative estimate of drug-likeness (QED) is 0.710. The van der Waals surface area contributed by atoms with Crippen LogP contribution in [0.3, 0.4) is 0 Å². The van der Waals surface area contributed by atoms with Gasteiger partial charge in [0.15, 0.2) is 11.5 Å². The third-order valence-electron chi connectivity index (χ3n) is 4.61. The lowest BCUT2D eigenvalue weighted by Crippen LogP contribution is -2.25. The third kappa shape index (κ3) is 3.55. The second-order valence-electron chi connectivity index (χ2n) is 6.29. The minimum absolute atomic E-state index is 0.114. The molecule has 3 aromatic rings. The van der Waals surface area contributed by atoms with E-state index in [9.17, 15) is 9.59 Å². The van der Waals surface area contributed by atoms with Crippen molar-refractivity contribution in [2.75, 3.05) is 14.2 Å². The van der Waals surface area contributed by atoms with Gasteiger partial charge in [-0.3, -0.25) is 9.59 Å². The van der Waals surface area contributed by atoms with E-state index in [-0.39, 0.29) is 18.0 Å². The molecule has 7 heteroatoms. The summed E-state index contributed by atoms with van der Waals surface area (Å²) >= 11 is 0. The summed E-state index contributed by atoms with van der Waals surface area (Å²) in [4.78, 5) is 29.2. The van der Waals surface area contributed by atoms with Gasteiger partial charge in [-0.1, -0.05) is 12.1 Å². The van der Waals surface area contributed by atoms with Crippen LogP contribution in [0.4, 0.5) is 0 Å². The zero-order chi connectivity index (χ0) is 20.3. The Morgan fingerprint density at radius 2 is 1.96 bits per heavy atom. The summed E-state index contributed by atoms with van der Waals surface area (Å²) in [6.45, 7) is 4.41. The summed E-state index contributed by atoms with van der Waals surface area (Å²) in [5, 5.41) is 2.89. The van der Waals surface area contributed by atoms with Crippen LogP contribution in [0, 0.1) is 6.92 Å². The van der Waals surface area contributed by atoms with E-state index in [4.69, 9.17) is 9.47 Å². The molecule has 0 fully saturated rings. The van der Waals surface area contributed by atoms with Crippen LogP contribution < -0.4 is 20.3 Å². The number of para-hydroxylation sites is 1. The van der Waals surface area contributed by atoms with Crippen molar-refractivity contribution in [1.82, 2.24) is 14.9 Å². The molecule has 0 saturated heterocycles. The molecule has 0 aliphatic heterocycles. The molecule has 0 radical (unpaired) electrons. The minimum atomic E-state index is -0.236. The average Bonchev–Trinajstić information content (AvgIpc) is 2.72. The topological polar surface area (TPSA) is 82.5 Å². The van der Waals surface area contributed by atoms with Crippen molar-refractivity contribution >= 4 is 16.9 Å². The van der Waals surface area contributed by atoms with Crippen molar-refractivity contribution < 1.29 is 14.3 Å². The molecular weight excluding hydrogens is 358 g/mol. The standard InChI is InChI=1S/C21H23N3O4/c1-5-24-17-10-9-14(11-16(17)23-13(2)21(24)26)20(25)22-12-15-7-6-8-18(27-3)19(15)28-4/h6-11H,5,12H2,1-4H3,(H,22,25). The molecule has 0 saturated carbocycles. The molecule has 0 aliphatic rings. The SMILES string of the molecule is CCn1c(=O)c(C)nc2cc(C(=O)NCc3cccc(OC)c3OC)ccc21. The number of benzene rings is 2. The van der Waals surface area contributed by atoms with Crippen LogP contribution in [-0.2, 0) is 13.1 Å². The van der Waals surface area contributed by atoms with Crippen molar-refractivity contribution in [1.29, 1.82) is 0 Å². The highest BCUT2D eigenvalue weighted by Gasteiger charge is 2.13. The predicted octanol–water partition coefficient (Wildman–Crippen LogP) is 2.67. The molecule has 28 heavy (non-hydrogen) atoms. The molecule has 0 bridgehead atoms.